The molecule has 2 heterocycles. The van der Waals surface area contributed by atoms with Gasteiger partial charge in [-0.3, -0.25) is 15.0 Å². The minimum absolute atomic E-state index is 0.165. The highest BCUT2D eigenvalue weighted by Crippen LogP contribution is 2.27. The molecule has 2 aliphatic rings. The van der Waals surface area contributed by atoms with Gasteiger partial charge in [0.05, 0.1) is 0 Å². The smallest absolute Gasteiger partial charge is 0.328 e. The lowest BCUT2D eigenvalue weighted by Gasteiger charge is -2.33. The second kappa shape index (κ2) is 6.17. The molecule has 1 N–H and O–H groups in total. The fraction of sp³-hybridized carbons (Fsp3) is 0.438. The van der Waals surface area contributed by atoms with E-state index in [1.807, 2.05) is 24.3 Å². The first kappa shape index (κ1) is 14.6. The van der Waals surface area contributed by atoms with Crippen molar-refractivity contribution in [1.82, 2.24) is 5.32 Å². The second-order valence-corrected chi connectivity index (χ2v) is 5.74. The molecule has 22 heavy (non-hydrogen) atoms. The van der Waals surface area contributed by atoms with Crippen molar-refractivity contribution in [2.75, 3.05) is 29.4 Å². The maximum Gasteiger partial charge on any atom is 0.328 e. The van der Waals surface area contributed by atoms with E-state index >= 15 is 0 Å². The van der Waals surface area contributed by atoms with Crippen LogP contribution in [0.15, 0.2) is 24.3 Å². The van der Waals surface area contributed by atoms with Gasteiger partial charge in [-0.2, -0.15) is 0 Å². The Bertz CT molecular complexity index is 594. The zero-order chi connectivity index (χ0) is 15.5. The number of hydrogen-bond acceptors (Lipinski definition) is 4. The number of benzene rings is 1. The van der Waals surface area contributed by atoms with E-state index in [0.29, 0.717) is 13.0 Å². The van der Waals surface area contributed by atoms with Gasteiger partial charge in [0, 0.05) is 43.3 Å². The Morgan fingerprint density at radius 3 is 2.50 bits per heavy atom. The lowest BCUT2D eigenvalue weighted by molar-refractivity contribution is -0.120. The molecule has 2 fully saturated rings. The molecule has 1 aromatic rings. The number of hydrogen-bond donors (Lipinski definition) is 1. The number of urea groups is 1. The lowest BCUT2D eigenvalue weighted by Crippen LogP contribution is -2.49. The molecule has 0 unspecified atom stereocenters. The van der Waals surface area contributed by atoms with Crippen LogP contribution in [0.1, 0.15) is 19.3 Å². The Labute approximate surface area is 129 Å². The first-order chi connectivity index (χ1) is 10.7. The summed E-state index contributed by atoms with van der Waals surface area (Å²) in [4.78, 5) is 37.8. The molecule has 0 aromatic heterocycles. The van der Waals surface area contributed by atoms with Crippen LogP contribution in [0.2, 0.25) is 0 Å². The third kappa shape index (κ3) is 2.95. The highest BCUT2D eigenvalue weighted by atomic mass is 16.2. The third-order valence-corrected chi connectivity index (χ3v) is 4.29. The predicted molar refractivity (Wildman–Crippen MR) is 82.9 cm³/mol. The zero-order valence-corrected chi connectivity index (χ0v) is 12.3. The van der Waals surface area contributed by atoms with E-state index < -0.39 is 0 Å². The van der Waals surface area contributed by atoms with Gasteiger partial charge in [-0.1, -0.05) is 6.07 Å². The van der Waals surface area contributed by atoms with Crippen LogP contribution < -0.4 is 15.1 Å². The molecule has 6 heteroatoms. The molecule has 0 spiro atoms. The van der Waals surface area contributed by atoms with Crippen LogP contribution in [0.3, 0.4) is 0 Å². The van der Waals surface area contributed by atoms with Gasteiger partial charge in [-0.25, -0.2) is 4.79 Å². The first-order valence-corrected chi connectivity index (χ1v) is 7.59. The largest absolute Gasteiger partial charge is 0.371 e. The Hall–Kier alpha value is -2.37. The minimum atomic E-state index is -0.368. The molecule has 0 atom stereocenters. The fourth-order valence-corrected chi connectivity index (χ4v) is 2.96. The lowest BCUT2D eigenvalue weighted by atomic mass is 9.98. The average molecular weight is 301 g/mol. The standard InChI is InChI=1S/C16H19N3O3/c20-11-12-4-7-18(8-5-12)13-2-1-3-14(10-13)19-9-6-15(21)17-16(19)22/h1-3,10-12H,4-9H2,(H,17,21,22). The SMILES string of the molecule is O=CC1CCN(c2cccc(N3CCC(=O)NC3=O)c2)CC1. The minimum Gasteiger partial charge on any atom is -0.371 e. The number of carbonyl (C=O) groups is 3. The Kier molecular flexibility index (Phi) is 4.09. The van der Waals surface area contributed by atoms with Crippen LogP contribution in [0.25, 0.3) is 0 Å². The number of imide groups is 1. The van der Waals surface area contributed by atoms with Crippen LogP contribution in [0.4, 0.5) is 16.2 Å². The quantitative estimate of drug-likeness (QED) is 0.860. The van der Waals surface area contributed by atoms with Crippen molar-refractivity contribution in [3.63, 3.8) is 0 Å². The van der Waals surface area contributed by atoms with Gasteiger partial charge in [-0.05, 0) is 31.0 Å². The van der Waals surface area contributed by atoms with Crippen molar-refractivity contribution in [2.45, 2.75) is 19.3 Å². The van der Waals surface area contributed by atoms with Crippen molar-refractivity contribution in [2.24, 2.45) is 5.92 Å². The number of piperidine rings is 1. The summed E-state index contributed by atoms with van der Waals surface area (Å²) in [5, 5.41) is 2.34. The van der Waals surface area contributed by atoms with E-state index in [1.54, 1.807) is 4.90 Å². The molecule has 6 nitrogen and oxygen atoms in total. The molecule has 0 radical (unpaired) electrons. The maximum atomic E-state index is 11.9. The van der Waals surface area contributed by atoms with E-state index in [2.05, 4.69) is 10.2 Å². The normalized spacial score (nSPS) is 20.0. The van der Waals surface area contributed by atoms with Crippen molar-refractivity contribution < 1.29 is 14.4 Å². The summed E-state index contributed by atoms with van der Waals surface area (Å²) in [7, 11) is 0. The molecular formula is C16H19N3O3. The molecule has 0 bridgehead atoms. The van der Waals surface area contributed by atoms with Crippen LogP contribution in [0, 0.1) is 5.92 Å². The molecule has 116 valence electrons. The van der Waals surface area contributed by atoms with Gasteiger partial charge in [-0.15, -0.1) is 0 Å². The summed E-state index contributed by atoms with van der Waals surface area (Å²) in [6.45, 7) is 2.09. The summed E-state index contributed by atoms with van der Waals surface area (Å²) in [5.41, 5.74) is 1.84. The molecule has 0 aliphatic carbocycles. The van der Waals surface area contributed by atoms with E-state index in [1.165, 1.54) is 0 Å². The van der Waals surface area contributed by atoms with E-state index in [9.17, 15) is 14.4 Å². The van der Waals surface area contributed by atoms with Gasteiger partial charge in [0.25, 0.3) is 0 Å². The molecule has 3 amide bonds. The van der Waals surface area contributed by atoms with Gasteiger partial charge in [0.15, 0.2) is 0 Å². The maximum absolute atomic E-state index is 11.9. The number of anilines is 2. The summed E-state index contributed by atoms with van der Waals surface area (Å²) >= 11 is 0. The van der Waals surface area contributed by atoms with Crippen LogP contribution in [-0.4, -0.2) is 37.9 Å². The van der Waals surface area contributed by atoms with E-state index in [4.69, 9.17) is 0 Å². The van der Waals surface area contributed by atoms with Crippen LogP contribution in [0.5, 0.6) is 0 Å². The number of nitrogens with zero attached hydrogens (tertiary/aromatic N) is 2. The topological polar surface area (TPSA) is 69.7 Å². The Balaban J connectivity index is 1.74. The average Bonchev–Trinajstić information content (AvgIpc) is 2.55. The van der Waals surface area contributed by atoms with E-state index in [0.717, 1.165) is 43.6 Å². The van der Waals surface area contributed by atoms with Crippen molar-refractivity contribution in [3.05, 3.63) is 24.3 Å². The number of carbonyl (C=O) groups excluding carboxylic acids is 3. The molecule has 2 aliphatic heterocycles. The molecule has 0 saturated carbocycles. The van der Waals surface area contributed by atoms with Crippen molar-refractivity contribution in [3.8, 4) is 0 Å². The Morgan fingerprint density at radius 2 is 1.82 bits per heavy atom. The summed E-state index contributed by atoms with van der Waals surface area (Å²) < 4.78 is 0. The Morgan fingerprint density at radius 1 is 1.09 bits per heavy atom. The first-order valence-electron chi connectivity index (χ1n) is 7.59. The van der Waals surface area contributed by atoms with E-state index in [-0.39, 0.29) is 17.9 Å². The number of nitrogens with one attached hydrogen (secondary N) is 1. The van der Waals surface area contributed by atoms with Gasteiger partial charge < -0.3 is 9.69 Å². The van der Waals surface area contributed by atoms with Crippen molar-refractivity contribution in [1.29, 1.82) is 0 Å². The summed E-state index contributed by atoms with van der Waals surface area (Å²) in [6, 6.07) is 7.40. The van der Waals surface area contributed by atoms with Gasteiger partial charge in [0.2, 0.25) is 5.91 Å². The van der Waals surface area contributed by atoms with Crippen molar-refractivity contribution >= 4 is 29.6 Å². The van der Waals surface area contributed by atoms with Gasteiger partial charge in [0.1, 0.15) is 6.29 Å². The van der Waals surface area contributed by atoms with Gasteiger partial charge >= 0.3 is 6.03 Å². The molecule has 3 rings (SSSR count). The highest BCUT2D eigenvalue weighted by molar-refractivity contribution is 6.05. The molecular weight excluding hydrogens is 282 g/mol. The van der Waals surface area contributed by atoms with Crippen LogP contribution >= 0.6 is 0 Å². The summed E-state index contributed by atoms with van der Waals surface area (Å²) in [6.07, 6.45) is 3.10. The molecule has 1 aromatic carbocycles. The predicted octanol–water partition coefficient (Wildman–Crippen LogP) is 1.55. The monoisotopic (exact) mass is 301 g/mol. The number of aldehydes is 1. The highest BCUT2D eigenvalue weighted by Gasteiger charge is 2.25. The zero-order valence-electron chi connectivity index (χ0n) is 12.3. The fourth-order valence-electron chi connectivity index (χ4n) is 2.96. The number of rotatable bonds is 3. The van der Waals surface area contributed by atoms with Crippen LogP contribution in [-0.2, 0) is 9.59 Å². The summed E-state index contributed by atoms with van der Waals surface area (Å²) in [5.74, 6) is -0.0633. The molecule has 2 saturated heterocycles. The second-order valence-electron chi connectivity index (χ2n) is 5.74. The third-order valence-electron chi connectivity index (χ3n) is 4.29. The number of amides is 3.